The molecule has 6 heteroatoms. The van der Waals surface area contributed by atoms with Gasteiger partial charge >= 0.3 is 17.9 Å². The molecule has 0 bridgehead atoms. The number of carbonyl (C=O) groups is 3. The zero-order valence-electron chi connectivity index (χ0n) is 43.2. The molecular weight excluding hydrogens is 781 g/mol. The molecular formula is C57H110O6. The Morgan fingerprint density at radius 3 is 0.778 bits per heavy atom. The van der Waals surface area contributed by atoms with Gasteiger partial charge in [-0.15, -0.1) is 0 Å². The quantitative estimate of drug-likeness (QED) is 0.0344. The van der Waals surface area contributed by atoms with Gasteiger partial charge in [-0.3, -0.25) is 14.4 Å². The van der Waals surface area contributed by atoms with E-state index < -0.39 is 6.10 Å². The fourth-order valence-corrected chi connectivity index (χ4v) is 8.70. The van der Waals surface area contributed by atoms with E-state index in [9.17, 15) is 14.4 Å². The predicted molar refractivity (Wildman–Crippen MR) is 270 cm³/mol. The number of carbonyl (C=O) groups excluding carboxylic acids is 3. The summed E-state index contributed by atoms with van der Waals surface area (Å²) in [5.41, 5.74) is 0. The molecule has 0 saturated carbocycles. The first kappa shape index (κ1) is 61.4. The molecule has 0 fully saturated rings. The molecule has 0 saturated heterocycles. The van der Waals surface area contributed by atoms with E-state index in [1.165, 1.54) is 205 Å². The van der Waals surface area contributed by atoms with Crippen LogP contribution in [-0.4, -0.2) is 37.2 Å². The Morgan fingerprint density at radius 1 is 0.302 bits per heavy atom. The average Bonchev–Trinajstić information content (AvgIpc) is 3.25. The number of hydrogen-bond acceptors (Lipinski definition) is 6. The number of unbranched alkanes of at least 4 members (excludes halogenated alkanes) is 36. The number of esters is 3. The summed E-state index contributed by atoms with van der Waals surface area (Å²) in [5, 5.41) is 0. The standard InChI is InChI=1S/C57H110O6/c1-6-7-8-9-10-11-12-13-14-15-16-17-21-24-27-32-37-42-47-55(58)61-50-54(63-57(60)49-44-39-34-29-31-36-41-46-53(4)5)51-62-56(59)48-43-38-33-28-25-22-19-18-20-23-26-30-35-40-45-52(2)3/h52-54H,6-51H2,1-5H3/t54-/m1/s1. The third-order valence-corrected chi connectivity index (χ3v) is 13.0. The van der Waals surface area contributed by atoms with Crippen LogP contribution in [0.3, 0.4) is 0 Å². The Morgan fingerprint density at radius 2 is 0.524 bits per heavy atom. The Bertz CT molecular complexity index is 962. The summed E-state index contributed by atoms with van der Waals surface area (Å²) in [6.45, 7) is 11.4. The molecule has 0 aliphatic rings. The zero-order valence-corrected chi connectivity index (χ0v) is 43.2. The molecule has 0 aromatic rings. The molecule has 0 aliphatic carbocycles. The minimum absolute atomic E-state index is 0.0638. The molecule has 6 nitrogen and oxygen atoms in total. The van der Waals surface area contributed by atoms with Crippen molar-refractivity contribution in [3.8, 4) is 0 Å². The van der Waals surface area contributed by atoms with E-state index in [1.54, 1.807) is 0 Å². The van der Waals surface area contributed by atoms with E-state index in [0.717, 1.165) is 69.6 Å². The van der Waals surface area contributed by atoms with Gasteiger partial charge in [0, 0.05) is 19.3 Å². The predicted octanol–water partition coefficient (Wildman–Crippen LogP) is 18.5. The van der Waals surface area contributed by atoms with Crippen LogP contribution < -0.4 is 0 Å². The summed E-state index contributed by atoms with van der Waals surface area (Å²) >= 11 is 0. The van der Waals surface area contributed by atoms with E-state index in [1.807, 2.05) is 0 Å². The summed E-state index contributed by atoms with van der Waals surface area (Å²) in [4.78, 5) is 38.0. The summed E-state index contributed by atoms with van der Waals surface area (Å²) < 4.78 is 16.8. The van der Waals surface area contributed by atoms with Crippen LogP contribution in [0.25, 0.3) is 0 Å². The first-order valence-electron chi connectivity index (χ1n) is 28.2. The molecule has 1 atom stereocenters. The van der Waals surface area contributed by atoms with Crippen LogP contribution in [0.5, 0.6) is 0 Å². The SMILES string of the molecule is CCCCCCCCCCCCCCCCCCCCC(=O)OC[C@H](COC(=O)CCCCCCCCCCCCCCCCC(C)C)OC(=O)CCCCCCCCCC(C)C. The lowest BCUT2D eigenvalue weighted by atomic mass is 10.0. The summed E-state index contributed by atoms with van der Waals surface area (Å²) in [6.07, 6.45) is 52.5. The van der Waals surface area contributed by atoms with Gasteiger partial charge in [0.05, 0.1) is 0 Å². The molecule has 0 N–H and O–H groups in total. The van der Waals surface area contributed by atoms with Crippen molar-refractivity contribution >= 4 is 17.9 Å². The van der Waals surface area contributed by atoms with Crippen molar-refractivity contribution in [2.75, 3.05) is 13.2 Å². The van der Waals surface area contributed by atoms with Crippen LogP contribution in [0, 0.1) is 11.8 Å². The van der Waals surface area contributed by atoms with Gasteiger partial charge in [0.1, 0.15) is 13.2 Å². The smallest absolute Gasteiger partial charge is 0.306 e. The second kappa shape index (κ2) is 49.8. The van der Waals surface area contributed by atoms with E-state index >= 15 is 0 Å². The van der Waals surface area contributed by atoms with E-state index in [4.69, 9.17) is 14.2 Å². The lowest BCUT2D eigenvalue weighted by Crippen LogP contribution is -2.30. The summed E-state index contributed by atoms with van der Waals surface area (Å²) in [6, 6.07) is 0. The van der Waals surface area contributed by atoms with Crippen LogP contribution in [0.4, 0.5) is 0 Å². The molecule has 0 spiro atoms. The zero-order chi connectivity index (χ0) is 46.1. The maximum absolute atomic E-state index is 12.8. The molecule has 0 rings (SSSR count). The second-order valence-corrected chi connectivity index (χ2v) is 20.5. The van der Waals surface area contributed by atoms with Crippen molar-refractivity contribution in [2.45, 2.75) is 323 Å². The number of rotatable bonds is 51. The largest absolute Gasteiger partial charge is 0.462 e. The lowest BCUT2D eigenvalue weighted by molar-refractivity contribution is -0.167. The monoisotopic (exact) mass is 891 g/mol. The molecule has 0 heterocycles. The highest BCUT2D eigenvalue weighted by Gasteiger charge is 2.19. The number of ether oxygens (including phenoxy) is 3. The van der Waals surface area contributed by atoms with Crippen molar-refractivity contribution in [3.63, 3.8) is 0 Å². The third-order valence-electron chi connectivity index (χ3n) is 13.0. The lowest BCUT2D eigenvalue weighted by Gasteiger charge is -2.18. The number of hydrogen-bond donors (Lipinski definition) is 0. The van der Waals surface area contributed by atoms with E-state index in [2.05, 4.69) is 34.6 Å². The molecule has 0 aromatic carbocycles. The van der Waals surface area contributed by atoms with E-state index in [-0.39, 0.29) is 31.1 Å². The summed E-state index contributed by atoms with van der Waals surface area (Å²) in [7, 11) is 0. The maximum atomic E-state index is 12.8. The van der Waals surface area contributed by atoms with Crippen LogP contribution in [0.1, 0.15) is 317 Å². The van der Waals surface area contributed by atoms with Crippen molar-refractivity contribution < 1.29 is 28.6 Å². The maximum Gasteiger partial charge on any atom is 0.306 e. The van der Waals surface area contributed by atoms with E-state index in [0.29, 0.717) is 19.3 Å². The van der Waals surface area contributed by atoms with Gasteiger partial charge in [-0.05, 0) is 31.1 Å². The van der Waals surface area contributed by atoms with Crippen LogP contribution in [0.15, 0.2) is 0 Å². The van der Waals surface area contributed by atoms with Crippen LogP contribution >= 0.6 is 0 Å². The highest BCUT2D eigenvalue weighted by Crippen LogP contribution is 2.18. The minimum Gasteiger partial charge on any atom is -0.462 e. The van der Waals surface area contributed by atoms with Gasteiger partial charge in [0.25, 0.3) is 0 Å². The highest BCUT2D eigenvalue weighted by atomic mass is 16.6. The van der Waals surface area contributed by atoms with Gasteiger partial charge in [-0.1, -0.05) is 279 Å². The van der Waals surface area contributed by atoms with Gasteiger partial charge in [-0.2, -0.15) is 0 Å². The molecule has 0 aliphatic heterocycles. The first-order valence-corrected chi connectivity index (χ1v) is 28.2. The average molecular weight is 892 g/mol. The highest BCUT2D eigenvalue weighted by molar-refractivity contribution is 5.71. The van der Waals surface area contributed by atoms with Crippen molar-refractivity contribution in [2.24, 2.45) is 11.8 Å². The van der Waals surface area contributed by atoms with Crippen molar-refractivity contribution in [3.05, 3.63) is 0 Å². The van der Waals surface area contributed by atoms with Crippen LogP contribution in [0.2, 0.25) is 0 Å². The van der Waals surface area contributed by atoms with Gasteiger partial charge in [0.2, 0.25) is 0 Å². The van der Waals surface area contributed by atoms with Crippen LogP contribution in [-0.2, 0) is 28.6 Å². The Kier molecular flexibility index (Phi) is 48.6. The fraction of sp³-hybridized carbons (Fsp3) is 0.947. The Labute approximate surface area is 393 Å². The fourth-order valence-electron chi connectivity index (χ4n) is 8.70. The molecule has 0 aromatic heterocycles. The summed E-state index contributed by atoms with van der Waals surface area (Å²) in [5.74, 6) is 0.777. The molecule has 63 heavy (non-hydrogen) atoms. The normalized spacial score (nSPS) is 12.0. The molecule has 0 radical (unpaired) electrons. The topological polar surface area (TPSA) is 78.9 Å². The molecule has 0 unspecified atom stereocenters. The minimum atomic E-state index is -0.763. The second-order valence-electron chi connectivity index (χ2n) is 20.5. The van der Waals surface area contributed by atoms with Gasteiger partial charge < -0.3 is 14.2 Å². The van der Waals surface area contributed by atoms with Crippen molar-refractivity contribution in [1.29, 1.82) is 0 Å². The van der Waals surface area contributed by atoms with Gasteiger partial charge in [-0.25, -0.2) is 0 Å². The van der Waals surface area contributed by atoms with Crippen molar-refractivity contribution in [1.82, 2.24) is 0 Å². The molecule has 374 valence electrons. The third kappa shape index (κ3) is 51.3. The van der Waals surface area contributed by atoms with Gasteiger partial charge in [0.15, 0.2) is 6.10 Å². The Balaban J connectivity index is 4.22. The molecule has 0 amide bonds. The Hall–Kier alpha value is -1.59. The first-order chi connectivity index (χ1) is 30.7.